The number of piperidine rings is 1. The zero-order valence-electron chi connectivity index (χ0n) is 10.4. The molecule has 8 heteroatoms. The molecule has 1 aliphatic heterocycles. The molecule has 1 aromatic carbocycles. The lowest BCUT2D eigenvalue weighted by molar-refractivity contribution is -0.112. The number of halogens is 3. The Kier molecular flexibility index (Phi) is 4.55. The Hall–Kier alpha value is -0.860. The van der Waals surface area contributed by atoms with Crippen molar-refractivity contribution in [3.63, 3.8) is 0 Å². The van der Waals surface area contributed by atoms with Gasteiger partial charge in [-0.3, -0.25) is 0 Å². The molecule has 0 bridgehead atoms. The maximum atomic E-state index is 13.8. The number of sulfonamides is 1. The molecule has 0 saturated carbocycles. The highest BCUT2D eigenvalue weighted by Crippen LogP contribution is 2.31. The van der Waals surface area contributed by atoms with E-state index < -0.39 is 26.6 Å². The largest absolute Gasteiger partial charge is 0.303 e. The van der Waals surface area contributed by atoms with E-state index in [4.69, 9.17) is 0 Å². The summed E-state index contributed by atoms with van der Waals surface area (Å²) in [5.74, 6) is -2.40. The number of hydrogen-bond acceptors (Lipinski definition) is 3. The molecule has 0 radical (unpaired) electrons. The van der Waals surface area contributed by atoms with E-state index in [1.165, 1.54) is 0 Å². The number of hydrogen-bond donors (Lipinski definition) is 0. The van der Waals surface area contributed by atoms with Gasteiger partial charge >= 0.3 is 0 Å². The fourth-order valence-corrected chi connectivity index (χ4v) is 4.86. The second kappa shape index (κ2) is 5.87. The Morgan fingerprint density at radius 1 is 1.35 bits per heavy atom. The van der Waals surface area contributed by atoms with Crippen LogP contribution in [0.5, 0.6) is 0 Å². The lowest BCUT2D eigenvalue weighted by atomic mass is 10.0. The molecule has 1 aliphatic rings. The lowest BCUT2D eigenvalue weighted by Crippen LogP contribution is -2.40. The maximum Gasteiger partial charge on any atom is 0.247 e. The number of benzene rings is 1. The average Bonchev–Trinajstić information content (AvgIpc) is 2.37. The van der Waals surface area contributed by atoms with Crippen LogP contribution in [-0.2, 0) is 14.8 Å². The van der Waals surface area contributed by atoms with Crippen molar-refractivity contribution in [2.24, 2.45) is 5.92 Å². The van der Waals surface area contributed by atoms with Crippen LogP contribution in [-0.4, -0.2) is 32.1 Å². The molecule has 1 atom stereocenters. The summed E-state index contributed by atoms with van der Waals surface area (Å²) in [7, 11) is -4.10. The highest BCUT2D eigenvalue weighted by Gasteiger charge is 2.33. The lowest BCUT2D eigenvalue weighted by Gasteiger charge is -2.29. The fourth-order valence-electron chi connectivity index (χ4n) is 2.21. The molecule has 1 fully saturated rings. The monoisotopic (exact) mass is 367 g/mol. The van der Waals surface area contributed by atoms with Crippen molar-refractivity contribution in [3.05, 3.63) is 28.2 Å². The first-order valence-electron chi connectivity index (χ1n) is 5.96. The van der Waals surface area contributed by atoms with Gasteiger partial charge in [0.25, 0.3) is 0 Å². The highest BCUT2D eigenvalue weighted by atomic mass is 79.9. The molecule has 110 valence electrons. The van der Waals surface area contributed by atoms with E-state index in [0.717, 1.165) is 10.4 Å². The van der Waals surface area contributed by atoms with E-state index in [0.29, 0.717) is 25.2 Å². The number of carbonyl (C=O) groups excluding carboxylic acids is 1. The summed E-state index contributed by atoms with van der Waals surface area (Å²) in [6.07, 6.45) is 1.85. The van der Waals surface area contributed by atoms with Crippen molar-refractivity contribution in [3.8, 4) is 0 Å². The third-order valence-corrected chi connectivity index (χ3v) is 6.00. The summed E-state index contributed by atoms with van der Waals surface area (Å²) in [5, 5.41) is 0. The molecule has 2 rings (SSSR count). The second-order valence-electron chi connectivity index (χ2n) is 4.60. The summed E-state index contributed by atoms with van der Waals surface area (Å²) < 4.78 is 52.6. The van der Waals surface area contributed by atoms with Crippen molar-refractivity contribution in [2.75, 3.05) is 13.1 Å². The molecule has 0 N–H and O–H groups in total. The van der Waals surface area contributed by atoms with E-state index in [2.05, 4.69) is 15.9 Å². The third kappa shape index (κ3) is 2.91. The predicted molar refractivity (Wildman–Crippen MR) is 71.6 cm³/mol. The standard InChI is InChI=1S/C12H12BrF2NO3S/c13-10-4-9(14)5-11(15)12(10)20(18,19)16-3-1-2-8(6-16)7-17/h4-5,7-8H,1-3,6H2. The van der Waals surface area contributed by atoms with Gasteiger partial charge < -0.3 is 4.79 Å². The van der Waals surface area contributed by atoms with Gasteiger partial charge in [-0.2, -0.15) is 4.31 Å². The van der Waals surface area contributed by atoms with Crippen LogP contribution in [0.25, 0.3) is 0 Å². The molecule has 0 spiro atoms. The van der Waals surface area contributed by atoms with Gasteiger partial charge in [-0.1, -0.05) is 0 Å². The van der Waals surface area contributed by atoms with Crippen molar-refractivity contribution < 1.29 is 22.0 Å². The van der Waals surface area contributed by atoms with Crippen LogP contribution in [0.4, 0.5) is 8.78 Å². The molecular formula is C12H12BrF2NO3S. The SMILES string of the molecule is O=CC1CCCN(S(=O)(=O)c2c(F)cc(F)cc2Br)C1. The number of carbonyl (C=O) groups is 1. The topological polar surface area (TPSA) is 54.5 Å². The molecule has 20 heavy (non-hydrogen) atoms. The quantitative estimate of drug-likeness (QED) is 0.770. The van der Waals surface area contributed by atoms with Gasteiger partial charge in [0.2, 0.25) is 10.0 Å². The first-order valence-corrected chi connectivity index (χ1v) is 8.19. The molecule has 0 amide bonds. The van der Waals surface area contributed by atoms with Gasteiger partial charge in [0.1, 0.15) is 22.8 Å². The molecule has 4 nitrogen and oxygen atoms in total. The van der Waals surface area contributed by atoms with Gasteiger partial charge in [0.05, 0.1) is 0 Å². The van der Waals surface area contributed by atoms with Crippen LogP contribution < -0.4 is 0 Å². The fraction of sp³-hybridized carbons (Fsp3) is 0.417. The number of aldehydes is 1. The predicted octanol–water partition coefficient (Wildman–Crippen LogP) is 2.33. The normalized spacial score (nSPS) is 20.9. The Morgan fingerprint density at radius 2 is 2.05 bits per heavy atom. The molecule has 0 aromatic heterocycles. The third-order valence-electron chi connectivity index (χ3n) is 3.17. The van der Waals surface area contributed by atoms with E-state index in [9.17, 15) is 22.0 Å². The van der Waals surface area contributed by atoms with E-state index >= 15 is 0 Å². The zero-order chi connectivity index (χ0) is 14.9. The van der Waals surface area contributed by atoms with Gasteiger partial charge in [-0.25, -0.2) is 17.2 Å². The van der Waals surface area contributed by atoms with Gasteiger partial charge in [-0.05, 0) is 34.8 Å². The van der Waals surface area contributed by atoms with Crippen molar-refractivity contribution in [1.82, 2.24) is 4.31 Å². The van der Waals surface area contributed by atoms with Crippen LogP contribution in [0.1, 0.15) is 12.8 Å². The number of rotatable bonds is 3. The van der Waals surface area contributed by atoms with E-state index in [1.807, 2.05) is 0 Å². The van der Waals surface area contributed by atoms with Crippen LogP contribution in [0, 0.1) is 17.6 Å². The van der Waals surface area contributed by atoms with Crippen LogP contribution in [0.2, 0.25) is 0 Å². The molecule has 1 saturated heterocycles. The van der Waals surface area contributed by atoms with Crippen molar-refractivity contribution in [2.45, 2.75) is 17.7 Å². The minimum atomic E-state index is -4.10. The molecule has 1 heterocycles. The Morgan fingerprint density at radius 3 is 2.65 bits per heavy atom. The molecule has 0 aliphatic carbocycles. The Balaban J connectivity index is 2.43. The number of nitrogens with zero attached hydrogens (tertiary/aromatic N) is 1. The molecule has 1 aromatic rings. The Bertz CT molecular complexity index is 613. The van der Waals surface area contributed by atoms with E-state index in [-0.39, 0.29) is 23.5 Å². The first kappa shape index (κ1) is 15.5. The van der Waals surface area contributed by atoms with Gasteiger partial charge in [0.15, 0.2) is 0 Å². The minimum absolute atomic E-state index is 0.0229. The maximum absolute atomic E-state index is 13.8. The Labute approximate surface area is 123 Å². The van der Waals surface area contributed by atoms with Crippen molar-refractivity contribution >= 4 is 32.2 Å². The average molecular weight is 368 g/mol. The van der Waals surface area contributed by atoms with Gasteiger partial charge in [-0.15, -0.1) is 0 Å². The van der Waals surface area contributed by atoms with Crippen LogP contribution in [0.15, 0.2) is 21.5 Å². The molecular weight excluding hydrogens is 356 g/mol. The summed E-state index contributed by atoms with van der Waals surface area (Å²) in [5.41, 5.74) is 0. The first-order chi connectivity index (χ1) is 9.36. The van der Waals surface area contributed by atoms with Crippen LogP contribution >= 0.6 is 15.9 Å². The summed E-state index contributed by atoms with van der Waals surface area (Å²) >= 11 is 2.88. The smallest absolute Gasteiger partial charge is 0.247 e. The second-order valence-corrected chi connectivity index (χ2v) is 7.33. The highest BCUT2D eigenvalue weighted by molar-refractivity contribution is 9.10. The summed E-state index contributed by atoms with van der Waals surface area (Å²) in [4.78, 5) is 10.2. The minimum Gasteiger partial charge on any atom is -0.303 e. The molecule has 1 unspecified atom stereocenters. The summed E-state index contributed by atoms with van der Waals surface area (Å²) in [6.45, 7) is 0.241. The van der Waals surface area contributed by atoms with Crippen LogP contribution in [0.3, 0.4) is 0 Å². The zero-order valence-corrected chi connectivity index (χ0v) is 12.8. The summed E-state index contributed by atoms with van der Waals surface area (Å²) in [6, 6.07) is 1.43. The van der Waals surface area contributed by atoms with E-state index in [1.54, 1.807) is 0 Å². The van der Waals surface area contributed by atoms with Gasteiger partial charge in [0, 0.05) is 29.5 Å². The van der Waals surface area contributed by atoms with Crippen molar-refractivity contribution in [1.29, 1.82) is 0 Å².